The Labute approximate surface area is 101 Å². The fourth-order valence-corrected chi connectivity index (χ4v) is 2.02. The fraction of sp³-hybridized carbons (Fsp3) is 0.500. The first kappa shape index (κ1) is 13.3. The zero-order chi connectivity index (χ0) is 10.8. The van der Waals surface area contributed by atoms with Crippen molar-refractivity contribution in [2.45, 2.75) is 25.3 Å². The molecule has 0 spiro atoms. The van der Waals surface area contributed by atoms with Crippen LogP contribution in [0.15, 0.2) is 18.2 Å². The van der Waals surface area contributed by atoms with Crippen molar-refractivity contribution < 1.29 is 9.13 Å². The summed E-state index contributed by atoms with van der Waals surface area (Å²) in [5, 5.41) is 0. The predicted molar refractivity (Wildman–Crippen MR) is 64.5 cm³/mol. The van der Waals surface area contributed by atoms with Gasteiger partial charge in [0.1, 0.15) is 11.6 Å². The summed E-state index contributed by atoms with van der Waals surface area (Å²) in [5.41, 5.74) is 6.89. The van der Waals surface area contributed by atoms with Crippen LogP contribution in [0, 0.1) is 11.7 Å². The van der Waals surface area contributed by atoms with Gasteiger partial charge in [-0.15, -0.1) is 12.4 Å². The SMILES string of the molecule is COc1ccc(F)cc1[C@H](N)C1CCC1.Cl. The Bertz CT molecular complexity index is 355. The highest BCUT2D eigenvalue weighted by Gasteiger charge is 2.27. The Hall–Kier alpha value is -0.800. The molecule has 0 heterocycles. The van der Waals surface area contributed by atoms with E-state index < -0.39 is 0 Å². The van der Waals surface area contributed by atoms with E-state index in [2.05, 4.69) is 0 Å². The molecule has 2 rings (SSSR count). The monoisotopic (exact) mass is 245 g/mol. The normalized spacial score (nSPS) is 17.2. The minimum absolute atomic E-state index is 0. The summed E-state index contributed by atoms with van der Waals surface area (Å²) in [6.07, 6.45) is 3.51. The standard InChI is InChI=1S/C12H16FNO.ClH/c1-15-11-6-5-9(13)7-10(11)12(14)8-3-2-4-8;/h5-8,12H,2-4,14H2,1H3;1H/t12-;/m1./s1. The molecule has 1 saturated carbocycles. The molecule has 0 radical (unpaired) electrons. The smallest absolute Gasteiger partial charge is 0.123 e. The summed E-state index contributed by atoms with van der Waals surface area (Å²) in [7, 11) is 1.59. The highest BCUT2D eigenvalue weighted by atomic mass is 35.5. The Morgan fingerprint density at radius 2 is 2.12 bits per heavy atom. The van der Waals surface area contributed by atoms with E-state index in [9.17, 15) is 4.39 Å². The molecule has 1 aliphatic carbocycles. The first-order valence-corrected chi connectivity index (χ1v) is 5.31. The molecule has 0 saturated heterocycles. The van der Waals surface area contributed by atoms with Crippen molar-refractivity contribution in [1.82, 2.24) is 0 Å². The van der Waals surface area contributed by atoms with Crippen LogP contribution < -0.4 is 10.5 Å². The molecule has 0 unspecified atom stereocenters. The number of hydrogen-bond donors (Lipinski definition) is 1. The molecule has 0 bridgehead atoms. The topological polar surface area (TPSA) is 35.2 Å². The van der Waals surface area contributed by atoms with Gasteiger partial charge in [-0.25, -0.2) is 4.39 Å². The molecular formula is C12H17ClFNO. The van der Waals surface area contributed by atoms with Gasteiger partial charge in [-0.3, -0.25) is 0 Å². The van der Waals surface area contributed by atoms with Crippen molar-refractivity contribution >= 4 is 12.4 Å². The number of methoxy groups -OCH3 is 1. The summed E-state index contributed by atoms with van der Waals surface area (Å²) in [5.74, 6) is 0.928. The third-order valence-electron chi connectivity index (χ3n) is 3.21. The summed E-state index contributed by atoms with van der Waals surface area (Å²) in [4.78, 5) is 0. The molecule has 1 aromatic rings. The van der Waals surface area contributed by atoms with Crippen LogP contribution in [0.3, 0.4) is 0 Å². The highest BCUT2D eigenvalue weighted by Crippen LogP contribution is 2.39. The average molecular weight is 246 g/mol. The van der Waals surface area contributed by atoms with Gasteiger partial charge in [-0.05, 0) is 37.0 Å². The number of hydrogen-bond acceptors (Lipinski definition) is 2. The van der Waals surface area contributed by atoms with E-state index in [-0.39, 0.29) is 24.3 Å². The molecule has 16 heavy (non-hydrogen) atoms. The van der Waals surface area contributed by atoms with E-state index in [1.165, 1.54) is 18.6 Å². The van der Waals surface area contributed by atoms with E-state index in [4.69, 9.17) is 10.5 Å². The first-order chi connectivity index (χ1) is 7.22. The lowest BCUT2D eigenvalue weighted by Crippen LogP contribution is -2.27. The summed E-state index contributed by atoms with van der Waals surface area (Å²) >= 11 is 0. The largest absolute Gasteiger partial charge is 0.496 e. The zero-order valence-corrected chi connectivity index (χ0v) is 10.1. The maximum atomic E-state index is 13.1. The highest BCUT2D eigenvalue weighted by molar-refractivity contribution is 5.85. The van der Waals surface area contributed by atoms with Crippen LogP contribution in [0.1, 0.15) is 30.9 Å². The van der Waals surface area contributed by atoms with Crippen LogP contribution in [0.2, 0.25) is 0 Å². The van der Waals surface area contributed by atoms with Crippen LogP contribution in [0.25, 0.3) is 0 Å². The minimum atomic E-state index is -0.249. The molecule has 2 N–H and O–H groups in total. The maximum absolute atomic E-state index is 13.1. The van der Waals surface area contributed by atoms with E-state index >= 15 is 0 Å². The molecule has 90 valence electrons. The second-order valence-corrected chi connectivity index (χ2v) is 4.10. The van der Waals surface area contributed by atoms with Crippen molar-refractivity contribution in [2.75, 3.05) is 7.11 Å². The van der Waals surface area contributed by atoms with E-state index in [0.29, 0.717) is 11.7 Å². The molecule has 1 aliphatic rings. The van der Waals surface area contributed by atoms with Gasteiger partial charge in [0.05, 0.1) is 7.11 Å². The van der Waals surface area contributed by atoms with Crippen molar-refractivity contribution in [3.8, 4) is 5.75 Å². The van der Waals surface area contributed by atoms with Gasteiger partial charge >= 0.3 is 0 Å². The van der Waals surface area contributed by atoms with Crippen LogP contribution >= 0.6 is 12.4 Å². The Balaban J connectivity index is 0.00000128. The Kier molecular flexibility index (Phi) is 4.56. The number of benzene rings is 1. The van der Waals surface area contributed by atoms with Crippen molar-refractivity contribution in [2.24, 2.45) is 11.7 Å². The third kappa shape index (κ3) is 2.47. The minimum Gasteiger partial charge on any atom is -0.496 e. The maximum Gasteiger partial charge on any atom is 0.123 e. The van der Waals surface area contributed by atoms with Gasteiger partial charge in [0.25, 0.3) is 0 Å². The molecule has 0 aromatic heterocycles. The predicted octanol–water partition coefficient (Wildman–Crippen LogP) is 3.06. The van der Waals surface area contributed by atoms with Crippen molar-refractivity contribution in [3.63, 3.8) is 0 Å². The average Bonchev–Trinajstić information content (AvgIpc) is 2.15. The second-order valence-electron chi connectivity index (χ2n) is 4.10. The molecule has 0 amide bonds. The van der Waals surface area contributed by atoms with Gasteiger partial charge in [0, 0.05) is 11.6 Å². The van der Waals surface area contributed by atoms with Crippen LogP contribution in [0.5, 0.6) is 5.75 Å². The van der Waals surface area contributed by atoms with E-state index in [0.717, 1.165) is 18.4 Å². The molecule has 1 aromatic carbocycles. The van der Waals surface area contributed by atoms with Crippen LogP contribution in [-0.2, 0) is 0 Å². The van der Waals surface area contributed by atoms with Gasteiger partial charge < -0.3 is 10.5 Å². The van der Waals surface area contributed by atoms with Gasteiger partial charge in [-0.1, -0.05) is 6.42 Å². The zero-order valence-electron chi connectivity index (χ0n) is 9.28. The van der Waals surface area contributed by atoms with Gasteiger partial charge in [-0.2, -0.15) is 0 Å². The lowest BCUT2D eigenvalue weighted by Gasteiger charge is -2.32. The Morgan fingerprint density at radius 1 is 1.44 bits per heavy atom. The quantitative estimate of drug-likeness (QED) is 0.888. The molecule has 2 nitrogen and oxygen atoms in total. The molecular weight excluding hydrogens is 229 g/mol. The summed E-state index contributed by atoms with van der Waals surface area (Å²) < 4.78 is 18.3. The second kappa shape index (κ2) is 5.51. The van der Waals surface area contributed by atoms with Crippen LogP contribution in [0.4, 0.5) is 4.39 Å². The van der Waals surface area contributed by atoms with Crippen LogP contribution in [-0.4, -0.2) is 7.11 Å². The first-order valence-electron chi connectivity index (χ1n) is 5.31. The van der Waals surface area contributed by atoms with Crippen molar-refractivity contribution in [3.05, 3.63) is 29.6 Å². The molecule has 0 aliphatic heterocycles. The molecule has 1 atom stereocenters. The lowest BCUT2D eigenvalue weighted by atomic mass is 9.77. The summed E-state index contributed by atoms with van der Waals surface area (Å²) in [6.45, 7) is 0. The number of nitrogens with two attached hydrogens (primary N) is 1. The molecule has 1 fully saturated rings. The number of halogens is 2. The molecule has 4 heteroatoms. The summed E-state index contributed by atoms with van der Waals surface area (Å²) in [6, 6.07) is 4.44. The van der Waals surface area contributed by atoms with Gasteiger partial charge in [0.2, 0.25) is 0 Å². The fourth-order valence-electron chi connectivity index (χ4n) is 2.02. The lowest BCUT2D eigenvalue weighted by molar-refractivity contribution is 0.259. The number of rotatable bonds is 3. The Morgan fingerprint density at radius 3 is 2.62 bits per heavy atom. The van der Waals surface area contributed by atoms with E-state index in [1.54, 1.807) is 13.2 Å². The van der Waals surface area contributed by atoms with Crippen molar-refractivity contribution in [1.29, 1.82) is 0 Å². The number of ether oxygens (including phenoxy) is 1. The third-order valence-corrected chi connectivity index (χ3v) is 3.21. The van der Waals surface area contributed by atoms with E-state index in [1.807, 2.05) is 0 Å². The van der Waals surface area contributed by atoms with Gasteiger partial charge in [0.15, 0.2) is 0 Å².